The highest BCUT2D eigenvalue weighted by molar-refractivity contribution is 9.09. The summed E-state index contributed by atoms with van der Waals surface area (Å²) in [5.74, 6) is 0. The Labute approximate surface area is 118 Å². The molecular weight excluding hydrogens is 284 g/mol. The molecule has 0 aromatic heterocycles. The molecule has 0 spiro atoms. The van der Waals surface area contributed by atoms with Crippen LogP contribution < -0.4 is 0 Å². The first-order valence-corrected chi connectivity index (χ1v) is 7.19. The topological polar surface area (TPSA) is 0 Å². The van der Waals surface area contributed by atoms with Crippen LogP contribution in [0.3, 0.4) is 0 Å². The maximum absolute atomic E-state index is 3.87. The van der Waals surface area contributed by atoms with E-state index in [1.54, 1.807) is 0 Å². The molecule has 94 valence electrons. The minimum Gasteiger partial charge on any atom is -0.0829 e. The lowest BCUT2D eigenvalue weighted by Gasteiger charge is -2.31. The fourth-order valence-electron chi connectivity index (χ4n) is 2.17. The zero-order valence-electron chi connectivity index (χ0n) is 11.2. The zero-order valence-corrected chi connectivity index (χ0v) is 12.7. The van der Waals surface area contributed by atoms with Crippen LogP contribution >= 0.6 is 15.9 Å². The summed E-state index contributed by atoms with van der Waals surface area (Å²) in [5.41, 5.74) is 4.05. The van der Waals surface area contributed by atoms with Crippen LogP contribution in [0.25, 0.3) is 0 Å². The van der Waals surface area contributed by atoms with E-state index in [1.165, 1.54) is 16.7 Å². The molecular formula is C17H19Br. The summed E-state index contributed by atoms with van der Waals surface area (Å²) in [6.07, 6.45) is 0. The minimum atomic E-state index is 0.0660. The lowest BCUT2D eigenvalue weighted by Crippen LogP contribution is -2.23. The van der Waals surface area contributed by atoms with Crippen molar-refractivity contribution in [1.29, 1.82) is 0 Å². The molecule has 1 heteroatoms. The van der Waals surface area contributed by atoms with Crippen molar-refractivity contribution in [2.24, 2.45) is 0 Å². The van der Waals surface area contributed by atoms with Crippen LogP contribution in [0, 0.1) is 6.92 Å². The molecule has 0 saturated heterocycles. The minimum absolute atomic E-state index is 0.0660. The van der Waals surface area contributed by atoms with Gasteiger partial charge in [0.2, 0.25) is 0 Å². The SMILES string of the molecule is Cc1ccc(C(Br)C(C)(C)c2ccccc2)cc1. The molecule has 2 aromatic rings. The highest BCUT2D eigenvalue weighted by atomic mass is 79.9. The van der Waals surface area contributed by atoms with Crippen LogP contribution in [0.5, 0.6) is 0 Å². The van der Waals surface area contributed by atoms with E-state index in [2.05, 4.69) is 91.3 Å². The van der Waals surface area contributed by atoms with E-state index in [1.807, 2.05) is 0 Å². The molecule has 0 nitrogen and oxygen atoms in total. The number of halogens is 1. The average Bonchev–Trinajstić information content (AvgIpc) is 2.40. The van der Waals surface area contributed by atoms with Crippen molar-refractivity contribution in [3.63, 3.8) is 0 Å². The third kappa shape index (κ3) is 2.67. The summed E-state index contributed by atoms with van der Waals surface area (Å²) >= 11 is 3.87. The van der Waals surface area contributed by atoms with E-state index >= 15 is 0 Å². The highest BCUT2D eigenvalue weighted by Gasteiger charge is 2.30. The summed E-state index contributed by atoms with van der Waals surface area (Å²) < 4.78 is 0. The molecule has 0 amide bonds. The van der Waals surface area contributed by atoms with Gasteiger partial charge >= 0.3 is 0 Å². The van der Waals surface area contributed by atoms with Gasteiger partial charge in [-0.1, -0.05) is 89.9 Å². The van der Waals surface area contributed by atoms with Gasteiger partial charge in [0.15, 0.2) is 0 Å². The van der Waals surface area contributed by atoms with Gasteiger partial charge in [-0.05, 0) is 18.1 Å². The van der Waals surface area contributed by atoms with Gasteiger partial charge in [0.1, 0.15) is 0 Å². The number of hydrogen-bond acceptors (Lipinski definition) is 0. The number of alkyl halides is 1. The molecule has 0 bridgehead atoms. The predicted octanol–water partition coefficient (Wildman–Crippen LogP) is 5.41. The molecule has 0 heterocycles. The van der Waals surface area contributed by atoms with E-state index in [4.69, 9.17) is 0 Å². The normalized spacial score (nSPS) is 13.3. The van der Waals surface area contributed by atoms with Gasteiger partial charge in [-0.25, -0.2) is 0 Å². The maximum Gasteiger partial charge on any atom is 0.0486 e. The number of benzene rings is 2. The van der Waals surface area contributed by atoms with Gasteiger partial charge < -0.3 is 0 Å². The van der Waals surface area contributed by atoms with Crippen LogP contribution in [-0.4, -0.2) is 0 Å². The van der Waals surface area contributed by atoms with Crippen molar-refractivity contribution < 1.29 is 0 Å². The van der Waals surface area contributed by atoms with Crippen LogP contribution in [0.2, 0.25) is 0 Å². The van der Waals surface area contributed by atoms with Crippen molar-refractivity contribution in [3.05, 3.63) is 71.3 Å². The molecule has 2 aromatic carbocycles. The summed E-state index contributed by atoms with van der Waals surface area (Å²) in [6, 6.07) is 19.4. The summed E-state index contributed by atoms with van der Waals surface area (Å²) in [4.78, 5) is 0.313. The van der Waals surface area contributed by atoms with Crippen LogP contribution in [0.1, 0.15) is 35.4 Å². The molecule has 1 atom stereocenters. The second kappa shape index (κ2) is 5.27. The Hall–Kier alpha value is -1.08. The maximum atomic E-state index is 3.87. The van der Waals surface area contributed by atoms with Crippen molar-refractivity contribution in [2.45, 2.75) is 31.0 Å². The van der Waals surface area contributed by atoms with E-state index in [0.29, 0.717) is 4.83 Å². The fraction of sp³-hybridized carbons (Fsp3) is 0.294. The molecule has 0 aliphatic heterocycles. The second-order valence-electron chi connectivity index (χ2n) is 5.36. The third-order valence-corrected chi connectivity index (χ3v) is 5.19. The summed E-state index contributed by atoms with van der Waals surface area (Å²) in [7, 11) is 0. The Morgan fingerprint density at radius 2 is 1.44 bits per heavy atom. The van der Waals surface area contributed by atoms with Crippen molar-refractivity contribution >= 4 is 15.9 Å². The number of aryl methyl sites for hydroxylation is 1. The van der Waals surface area contributed by atoms with E-state index < -0.39 is 0 Å². The number of hydrogen-bond donors (Lipinski definition) is 0. The molecule has 0 aliphatic rings. The Bertz CT molecular complexity index is 497. The van der Waals surface area contributed by atoms with E-state index in [-0.39, 0.29) is 5.41 Å². The van der Waals surface area contributed by atoms with Gasteiger partial charge in [-0.3, -0.25) is 0 Å². The van der Waals surface area contributed by atoms with Gasteiger partial charge in [0.25, 0.3) is 0 Å². The van der Waals surface area contributed by atoms with Crippen LogP contribution in [-0.2, 0) is 5.41 Å². The quantitative estimate of drug-likeness (QED) is 0.665. The fourth-order valence-corrected chi connectivity index (χ4v) is 2.74. The molecule has 0 radical (unpaired) electrons. The van der Waals surface area contributed by atoms with Crippen LogP contribution in [0.4, 0.5) is 0 Å². The zero-order chi connectivity index (χ0) is 13.2. The monoisotopic (exact) mass is 302 g/mol. The molecule has 1 unspecified atom stereocenters. The van der Waals surface area contributed by atoms with Gasteiger partial charge in [0.05, 0.1) is 0 Å². The highest BCUT2D eigenvalue weighted by Crippen LogP contribution is 2.42. The smallest absolute Gasteiger partial charge is 0.0486 e. The van der Waals surface area contributed by atoms with Gasteiger partial charge in [-0.15, -0.1) is 0 Å². The Morgan fingerprint density at radius 1 is 0.889 bits per heavy atom. The average molecular weight is 303 g/mol. The lowest BCUT2D eigenvalue weighted by atomic mass is 9.79. The van der Waals surface area contributed by atoms with Gasteiger partial charge in [0, 0.05) is 10.2 Å². The second-order valence-corrected chi connectivity index (χ2v) is 6.28. The van der Waals surface area contributed by atoms with E-state index in [0.717, 1.165) is 0 Å². The summed E-state index contributed by atoms with van der Waals surface area (Å²) in [5, 5.41) is 0. The molecule has 18 heavy (non-hydrogen) atoms. The molecule has 0 N–H and O–H groups in total. The molecule has 0 saturated carbocycles. The van der Waals surface area contributed by atoms with Crippen molar-refractivity contribution in [3.8, 4) is 0 Å². The van der Waals surface area contributed by atoms with E-state index in [9.17, 15) is 0 Å². The first-order valence-electron chi connectivity index (χ1n) is 6.28. The largest absolute Gasteiger partial charge is 0.0829 e. The van der Waals surface area contributed by atoms with Crippen molar-refractivity contribution in [1.82, 2.24) is 0 Å². The summed E-state index contributed by atoms with van der Waals surface area (Å²) in [6.45, 7) is 6.68. The first kappa shape index (κ1) is 13.4. The lowest BCUT2D eigenvalue weighted by molar-refractivity contribution is 0.517. The van der Waals surface area contributed by atoms with Gasteiger partial charge in [-0.2, -0.15) is 0 Å². The number of rotatable bonds is 3. The standard InChI is InChI=1S/C17H19Br/c1-13-9-11-14(12-10-13)16(18)17(2,3)15-7-5-4-6-8-15/h4-12,16H,1-3H3. The molecule has 2 rings (SSSR count). The third-order valence-electron chi connectivity index (χ3n) is 3.52. The first-order chi connectivity index (χ1) is 8.51. The van der Waals surface area contributed by atoms with Crippen LogP contribution in [0.15, 0.2) is 54.6 Å². The Kier molecular flexibility index (Phi) is 3.91. The Morgan fingerprint density at radius 3 is 2.00 bits per heavy atom. The predicted molar refractivity (Wildman–Crippen MR) is 82.3 cm³/mol. The molecule has 0 fully saturated rings. The van der Waals surface area contributed by atoms with Crippen molar-refractivity contribution in [2.75, 3.05) is 0 Å². The Balaban J connectivity index is 2.32. The molecule has 0 aliphatic carbocycles.